The topological polar surface area (TPSA) is 60.9 Å². The predicted octanol–water partition coefficient (Wildman–Crippen LogP) is 1.35. The van der Waals surface area contributed by atoms with Crippen LogP contribution >= 0.6 is 0 Å². The largest absolute Gasteiger partial charge is 0.480 e. The normalized spacial score (nSPS) is 16.1. The van der Waals surface area contributed by atoms with Gasteiger partial charge in [-0.2, -0.15) is 13.2 Å². The molecule has 0 saturated carbocycles. The summed E-state index contributed by atoms with van der Waals surface area (Å²) in [4.78, 5) is 16.8. The van der Waals surface area contributed by atoms with Gasteiger partial charge in [0, 0.05) is 19.6 Å². The van der Waals surface area contributed by atoms with Gasteiger partial charge in [0.1, 0.15) is 18.1 Å². The van der Waals surface area contributed by atoms with Gasteiger partial charge in [-0.1, -0.05) is 0 Å². The number of alkyl halides is 3. The summed E-state index contributed by atoms with van der Waals surface area (Å²) in [6.07, 6.45) is -3.58. The number of esters is 1. The van der Waals surface area contributed by atoms with Crippen LogP contribution in [0.2, 0.25) is 0 Å². The summed E-state index contributed by atoms with van der Waals surface area (Å²) < 4.78 is 52.2. The molecule has 0 aliphatic carbocycles. The molecule has 0 aromatic carbocycles. The van der Waals surface area contributed by atoms with Gasteiger partial charge in [-0.3, -0.25) is 4.90 Å². The molecule has 9 heteroatoms. The van der Waals surface area contributed by atoms with E-state index in [-0.39, 0.29) is 19.0 Å². The van der Waals surface area contributed by atoms with E-state index in [0.29, 0.717) is 19.8 Å². The van der Waals surface area contributed by atoms with Crippen LogP contribution in [0.4, 0.5) is 13.2 Å². The first-order valence-electron chi connectivity index (χ1n) is 7.07. The second-order valence-corrected chi connectivity index (χ2v) is 4.84. The number of hydrogen-bond donors (Lipinski definition) is 0. The van der Waals surface area contributed by atoms with Crippen molar-refractivity contribution in [3.8, 4) is 5.75 Å². The zero-order valence-corrected chi connectivity index (χ0v) is 12.3. The molecule has 2 rings (SSSR count). The van der Waals surface area contributed by atoms with Gasteiger partial charge in [0.25, 0.3) is 0 Å². The van der Waals surface area contributed by atoms with Crippen molar-refractivity contribution in [3.63, 3.8) is 0 Å². The van der Waals surface area contributed by atoms with Gasteiger partial charge >= 0.3 is 12.1 Å². The van der Waals surface area contributed by atoms with E-state index in [1.165, 1.54) is 0 Å². The van der Waals surface area contributed by atoms with Gasteiger partial charge in [0.15, 0.2) is 6.61 Å². The van der Waals surface area contributed by atoms with E-state index < -0.39 is 17.8 Å². The lowest BCUT2D eigenvalue weighted by Gasteiger charge is -2.26. The van der Waals surface area contributed by atoms with E-state index in [4.69, 9.17) is 14.2 Å². The lowest BCUT2D eigenvalue weighted by Crippen LogP contribution is -2.38. The van der Waals surface area contributed by atoms with E-state index in [9.17, 15) is 18.0 Å². The molecule has 0 atom stereocenters. The highest BCUT2D eigenvalue weighted by atomic mass is 19.4. The lowest BCUT2D eigenvalue weighted by atomic mass is 10.3. The summed E-state index contributed by atoms with van der Waals surface area (Å²) in [7, 11) is 0. The molecule has 1 aromatic heterocycles. The number of ether oxygens (including phenoxy) is 3. The summed E-state index contributed by atoms with van der Waals surface area (Å²) in [5, 5.41) is 0. The standard InChI is InChI=1S/C14H17F3N2O4/c15-14(16,17)12-2-1-11(9-18-12)23-10-13(20)22-8-5-19-3-6-21-7-4-19/h1-2,9H,3-8,10H2. The third-order valence-electron chi connectivity index (χ3n) is 3.16. The molecule has 23 heavy (non-hydrogen) atoms. The molecule has 6 nitrogen and oxygen atoms in total. The lowest BCUT2D eigenvalue weighted by molar-refractivity contribution is -0.147. The van der Waals surface area contributed by atoms with Crippen LogP contribution in [-0.2, 0) is 20.4 Å². The average molecular weight is 334 g/mol. The quantitative estimate of drug-likeness (QED) is 0.732. The van der Waals surface area contributed by atoms with Crippen molar-refractivity contribution in [1.82, 2.24) is 9.88 Å². The Kier molecular flexibility index (Phi) is 6.17. The molecule has 0 amide bonds. The Morgan fingerprint density at radius 1 is 1.30 bits per heavy atom. The summed E-state index contributed by atoms with van der Waals surface area (Å²) in [6, 6.07) is 1.90. The number of hydrogen-bond acceptors (Lipinski definition) is 6. The molecule has 128 valence electrons. The number of rotatable bonds is 6. The van der Waals surface area contributed by atoms with Crippen molar-refractivity contribution in [2.75, 3.05) is 46.1 Å². The van der Waals surface area contributed by atoms with Crippen LogP contribution in [0.25, 0.3) is 0 Å². The molecule has 1 aromatic rings. The predicted molar refractivity (Wildman–Crippen MR) is 73.0 cm³/mol. The van der Waals surface area contributed by atoms with Gasteiger partial charge in [-0.25, -0.2) is 9.78 Å². The van der Waals surface area contributed by atoms with Gasteiger partial charge < -0.3 is 14.2 Å². The Balaban J connectivity index is 1.65. The molecule has 0 bridgehead atoms. The molecule has 2 heterocycles. The van der Waals surface area contributed by atoms with Crippen LogP contribution in [0.3, 0.4) is 0 Å². The maximum atomic E-state index is 12.3. The van der Waals surface area contributed by atoms with Crippen molar-refractivity contribution in [2.24, 2.45) is 0 Å². The first-order chi connectivity index (χ1) is 10.9. The van der Waals surface area contributed by atoms with Gasteiger partial charge in [0.2, 0.25) is 0 Å². The van der Waals surface area contributed by atoms with Crippen LogP contribution in [0.15, 0.2) is 18.3 Å². The highest BCUT2D eigenvalue weighted by Gasteiger charge is 2.32. The minimum absolute atomic E-state index is 0.0723. The van der Waals surface area contributed by atoms with Crippen LogP contribution in [-0.4, -0.2) is 61.9 Å². The first-order valence-corrected chi connectivity index (χ1v) is 7.07. The molecule has 0 N–H and O–H groups in total. The number of carbonyl (C=O) groups is 1. The van der Waals surface area contributed by atoms with Crippen LogP contribution in [0, 0.1) is 0 Å². The highest BCUT2D eigenvalue weighted by Crippen LogP contribution is 2.28. The monoisotopic (exact) mass is 334 g/mol. The van der Waals surface area contributed by atoms with E-state index in [1.807, 2.05) is 0 Å². The molecule has 1 saturated heterocycles. The number of morpholine rings is 1. The van der Waals surface area contributed by atoms with Crippen LogP contribution in [0.1, 0.15) is 5.69 Å². The summed E-state index contributed by atoms with van der Waals surface area (Å²) in [5.74, 6) is -0.513. The summed E-state index contributed by atoms with van der Waals surface area (Å²) in [6.45, 7) is 3.38. The smallest absolute Gasteiger partial charge is 0.433 e. The zero-order chi connectivity index (χ0) is 16.7. The van der Waals surface area contributed by atoms with Gasteiger partial charge in [-0.05, 0) is 12.1 Å². The van der Waals surface area contributed by atoms with Crippen molar-refractivity contribution >= 4 is 5.97 Å². The Bertz CT molecular complexity index is 502. The van der Waals surface area contributed by atoms with Crippen molar-refractivity contribution in [3.05, 3.63) is 24.0 Å². The number of aromatic nitrogens is 1. The van der Waals surface area contributed by atoms with E-state index in [1.54, 1.807) is 0 Å². The third-order valence-corrected chi connectivity index (χ3v) is 3.16. The van der Waals surface area contributed by atoms with Crippen molar-refractivity contribution in [1.29, 1.82) is 0 Å². The second kappa shape index (κ2) is 8.11. The molecule has 0 unspecified atom stereocenters. The fourth-order valence-electron chi connectivity index (χ4n) is 1.93. The fraction of sp³-hybridized carbons (Fsp3) is 0.571. The molecule has 0 radical (unpaired) electrons. The van der Waals surface area contributed by atoms with E-state index >= 15 is 0 Å². The van der Waals surface area contributed by atoms with Gasteiger partial charge in [0.05, 0.1) is 19.4 Å². The zero-order valence-electron chi connectivity index (χ0n) is 12.3. The van der Waals surface area contributed by atoms with Crippen LogP contribution in [0.5, 0.6) is 5.75 Å². The number of pyridine rings is 1. The molecule has 1 fully saturated rings. The Labute approximate surface area is 131 Å². The first kappa shape index (κ1) is 17.5. The SMILES string of the molecule is O=C(COc1ccc(C(F)(F)F)nc1)OCCN1CCOCC1. The molecule has 0 spiro atoms. The Morgan fingerprint density at radius 3 is 2.65 bits per heavy atom. The second-order valence-electron chi connectivity index (χ2n) is 4.84. The third kappa shape index (κ3) is 6.03. The number of nitrogens with zero attached hydrogens (tertiary/aromatic N) is 2. The fourth-order valence-corrected chi connectivity index (χ4v) is 1.93. The van der Waals surface area contributed by atoms with Crippen LogP contribution < -0.4 is 4.74 Å². The molecule has 1 aliphatic heterocycles. The summed E-state index contributed by atoms with van der Waals surface area (Å²) >= 11 is 0. The number of halogens is 3. The Hall–Kier alpha value is -1.87. The van der Waals surface area contributed by atoms with Crippen molar-refractivity contribution in [2.45, 2.75) is 6.18 Å². The highest BCUT2D eigenvalue weighted by molar-refractivity contribution is 5.71. The maximum absolute atomic E-state index is 12.3. The summed E-state index contributed by atoms with van der Waals surface area (Å²) in [5.41, 5.74) is -1.02. The molecule has 1 aliphatic rings. The average Bonchev–Trinajstić information content (AvgIpc) is 2.53. The number of carbonyl (C=O) groups excluding carboxylic acids is 1. The maximum Gasteiger partial charge on any atom is 0.433 e. The molecular formula is C14H17F3N2O4. The van der Waals surface area contributed by atoms with E-state index in [2.05, 4.69) is 9.88 Å². The minimum atomic E-state index is -4.50. The Morgan fingerprint density at radius 2 is 2.04 bits per heavy atom. The van der Waals surface area contributed by atoms with E-state index in [0.717, 1.165) is 31.4 Å². The molecular weight excluding hydrogens is 317 g/mol. The van der Waals surface area contributed by atoms with Crippen molar-refractivity contribution < 1.29 is 32.2 Å². The minimum Gasteiger partial charge on any atom is -0.480 e. The van der Waals surface area contributed by atoms with Gasteiger partial charge in [-0.15, -0.1) is 0 Å².